The highest BCUT2D eigenvalue weighted by Crippen LogP contribution is 2.21. The number of aromatic hydroxyl groups is 1. The molecule has 33 heavy (non-hydrogen) atoms. The first kappa shape index (κ1) is 21.8. The third kappa shape index (κ3) is 4.48. The molecule has 1 heterocycles. The average molecular weight is 508 g/mol. The van der Waals surface area contributed by atoms with Gasteiger partial charge in [0.05, 0.1) is 27.7 Å². The molecule has 0 radical (unpaired) electrons. The lowest BCUT2D eigenvalue weighted by molar-refractivity contribution is -0.384. The monoisotopic (exact) mass is 507 g/mol. The number of carbonyl (C=O) groups is 1. The molecule has 4 rings (SSSR count). The van der Waals surface area contributed by atoms with Crippen LogP contribution in [-0.2, 0) is 0 Å². The van der Waals surface area contributed by atoms with Crippen LogP contribution in [0.4, 0.5) is 5.69 Å². The smallest absolute Gasteiger partial charge is 0.307 e. The van der Waals surface area contributed by atoms with Gasteiger partial charge >= 0.3 is 5.91 Å². The molecule has 1 amide bonds. The fourth-order valence-electron chi connectivity index (χ4n) is 3.08. The van der Waals surface area contributed by atoms with E-state index in [4.69, 9.17) is 0 Å². The highest BCUT2D eigenvalue weighted by atomic mass is 79.9. The van der Waals surface area contributed by atoms with Crippen molar-refractivity contribution in [3.05, 3.63) is 103 Å². The van der Waals surface area contributed by atoms with Crippen LogP contribution in [0.3, 0.4) is 0 Å². The summed E-state index contributed by atoms with van der Waals surface area (Å²) in [4.78, 5) is 40.8. The predicted octanol–water partition coefficient (Wildman–Crippen LogP) is 3.53. The Bertz CT molecular complexity index is 1480. The number of halogens is 1. The number of amides is 1. The molecule has 164 valence electrons. The number of benzene rings is 3. The number of nitrogens with one attached hydrogen (secondary N) is 1. The molecule has 0 aliphatic rings. The number of nitro groups is 1. The van der Waals surface area contributed by atoms with E-state index in [2.05, 4.69) is 31.4 Å². The molecule has 0 unspecified atom stereocenters. The molecule has 0 aliphatic carbocycles. The second kappa shape index (κ2) is 9.01. The van der Waals surface area contributed by atoms with Crippen LogP contribution in [-0.4, -0.2) is 31.7 Å². The molecule has 11 heteroatoms. The SMILES string of the molecule is O=C(NN=Cc1cc([N+](=O)[O-])ccc1O)c1nc2ccccc2c(=O)n1-c1ccc(Br)cc1. The fourth-order valence-corrected chi connectivity index (χ4v) is 3.35. The number of fused-ring (bicyclic) bond motifs is 1. The fraction of sp³-hybridized carbons (Fsp3) is 0. The van der Waals surface area contributed by atoms with E-state index in [0.717, 1.165) is 28.9 Å². The van der Waals surface area contributed by atoms with E-state index in [1.807, 2.05) is 0 Å². The van der Waals surface area contributed by atoms with Crippen molar-refractivity contribution in [3.8, 4) is 11.4 Å². The van der Waals surface area contributed by atoms with Crippen LogP contribution in [0.5, 0.6) is 5.75 Å². The third-order valence-corrected chi connectivity index (χ3v) is 5.18. The summed E-state index contributed by atoms with van der Waals surface area (Å²) in [5, 5.41) is 24.9. The molecule has 1 aromatic heterocycles. The van der Waals surface area contributed by atoms with Crippen molar-refractivity contribution in [2.24, 2.45) is 5.10 Å². The number of hydrazone groups is 1. The van der Waals surface area contributed by atoms with Gasteiger partial charge in [0.2, 0.25) is 5.82 Å². The van der Waals surface area contributed by atoms with Gasteiger partial charge in [0.1, 0.15) is 5.75 Å². The maximum atomic E-state index is 13.2. The molecule has 2 N–H and O–H groups in total. The van der Waals surface area contributed by atoms with Crippen LogP contribution in [0.25, 0.3) is 16.6 Å². The molecule has 0 saturated carbocycles. The number of nitrogens with zero attached hydrogens (tertiary/aromatic N) is 4. The van der Waals surface area contributed by atoms with E-state index < -0.39 is 16.4 Å². The van der Waals surface area contributed by atoms with Gasteiger partial charge in [-0.25, -0.2) is 10.4 Å². The Balaban J connectivity index is 1.74. The quantitative estimate of drug-likeness (QED) is 0.240. The van der Waals surface area contributed by atoms with Crippen LogP contribution >= 0.6 is 15.9 Å². The number of hydrogen-bond acceptors (Lipinski definition) is 7. The van der Waals surface area contributed by atoms with E-state index in [9.17, 15) is 24.8 Å². The van der Waals surface area contributed by atoms with Crippen molar-refractivity contribution < 1.29 is 14.8 Å². The summed E-state index contributed by atoms with van der Waals surface area (Å²) >= 11 is 3.34. The number of hydrogen-bond donors (Lipinski definition) is 2. The zero-order valence-electron chi connectivity index (χ0n) is 16.7. The lowest BCUT2D eigenvalue weighted by atomic mass is 10.2. The van der Waals surface area contributed by atoms with Crippen molar-refractivity contribution in [3.63, 3.8) is 0 Å². The number of phenolic OH excluding ortho intramolecular Hbond substituents is 1. The van der Waals surface area contributed by atoms with Gasteiger partial charge in [-0.15, -0.1) is 0 Å². The van der Waals surface area contributed by atoms with Crippen LogP contribution in [0.1, 0.15) is 16.2 Å². The van der Waals surface area contributed by atoms with Crippen LogP contribution in [0.15, 0.2) is 81.1 Å². The van der Waals surface area contributed by atoms with Crippen LogP contribution < -0.4 is 11.0 Å². The van der Waals surface area contributed by atoms with Crippen LogP contribution in [0.2, 0.25) is 0 Å². The molecule has 0 aliphatic heterocycles. The van der Waals surface area contributed by atoms with Gasteiger partial charge in [0.25, 0.3) is 11.2 Å². The Labute approximate surface area is 194 Å². The summed E-state index contributed by atoms with van der Waals surface area (Å²) in [5.41, 5.74) is 2.36. The van der Waals surface area contributed by atoms with E-state index in [-0.39, 0.29) is 22.8 Å². The average Bonchev–Trinajstić information content (AvgIpc) is 2.81. The number of nitro benzene ring substituents is 1. The molecular formula is C22H14BrN5O5. The zero-order valence-corrected chi connectivity index (χ0v) is 18.3. The largest absolute Gasteiger partial charge is 0.507 e. The highest BCUT2D eigenvalue weighted by molar-refractivity contribution is 9.10. The van der Waals surface area contributed by atoms with Crippen molar-refractivity contribution in [1.29, 1.82) is 0 Å². The van der Waals surface area contributed by atoms with Crippen molar-refractivity contribution in [2.45, 2.75) is 0 Å². The highest BCUT2D eigenvalue weighted by Gasteiger charge is 2.19. The number of rotatable bonds is 5. The Morgan fingerprint density at radius 1 is 1.15 bits per heavy atom. The molecule has 0 fully saturated rings. The summed E-state index contributed by atoms with van der Waals surface area (Å²) in [6.45, 7) is 0. The summed E-state index contributed by atoms with van der Waals surface area (Å²) in [5.74, 6) is -1.25. The predicted molar refractivity (Wildman–Crippen MR) is 125 cm³/mol. The second-order valence-electron chi connectivity index (χ2n) is 6.77. The number of phenols is 1. The lowest BCUT2D eigenvalue weighted by Crippen LogP contribution is -2.31. The molecular weight excluding hydrogens is 494 g/mol. The third-order valence-electron chi connectivity index (χ3n) is 4.66. The van der Waals surface area contributed by atoms with Crippen LogP contribution in [0, 0.1) is 10.1 Å². The first-order valence-electron chi connectivity index (χ1n) is 9.43. The summed E-state index contributed by atoms with van der Waals surface area (Å²) in [6.07, 6.45) is 1.06. The van der Waals surface area contributed by atoms with E-state index >= 15 is 0 Å². The number of carbonyl (C=O) groups excluding carboxylic acids is 1. The van der Waals surface area contributed by atoms with Gasteiger partial charge < -0.3 is 5.11 Å². The van der Waals surface area contributed by atoms with E-state index in [1.165, 1.54) is 4.57 Å². The van der Waals surface area contributed by atoms with Gasteiger partial charge in [-0.1, -0.05) is 28.1 Å². The summed E-state index contributed by atoms with van der Waals surface area (Å²) < 4.78 is 1.96. The standard InChI is InChI=1S/C22H14BrN5O5/c23-14-5-7-15(8-6-14)27-20(25-18-4-2-1-3-17(18)22(27)31)21(30)26-24-12-13-11-16(28(32)33)9-10-19(13)29/h1-12,29H,(H,26,30). The minimum absolute atomic E-state index is 0.0290. The topological polar surface area (TPSA) is 140 Å². The van der Waals surface area contributed by atoms with Gasteiger partial charge in [-0.2, -0.15) is 5.10 Å². The first-order valence-corrected chi connectivity index (χ1v) is 10.2. The molecule has 3 aromatic carbocycles. The number of para-hydroxylation sites is 1. The molecule has 0 spiro atoms. The normalized spacial score (nSPS) is 11.1. The minimum atomic E-state index is -0.790. The Hall–Kier alpha value is -4.38. The van der Waals surface area contributed by atoms with Gasteiger partial charge in [-0.3, -0.25) is 24.3 Å². The Morgan fingerprint density at radius 2 is 1.88 bits per heavy atom. The van der Waals surface area contributed by atoms with Crippen molar-refractivity contribution in [1.82, 2.24) is 15.0 Å². The van der Waals surface area contributed by atoms with Gasteiger partial charge in [-0.05, 0) is 42.5 Å². The van der Waals surface area contributed by atoms with Gasteiger partial charge in [0.15, 0.2) is 0 Å². The Morgan fingerprint density at radius 3 is 2.61 bits per heavy atom. The zero-order chi connectivity index (χ0) is 23.5. The first-order chi connectivity index (χ1) is 15.8. The number of non-ortho nitro benzene ring substituents is 1. The lowest BCUT2D eigenvalue weighted by Gasteiger charge is -2.12. The number of aromatic nitrogens is 2. The molecule has 10 nitrogen and oxygen atoms in total. The molecule has 0 bridgehead atoms. The summed E-state index contributed by atoms with van der Waals surface area (Å²) in [6, 6.07) is 16.8. The summed E-state index contributed by atoms with van der Waals surface area (Å²) in [7, 11) is 0. The maximum Gasteiger partial charge on any atom is 0.307 e. The van der Waals surface area contributed by atoms with Gasteiger partial charge in [0, 0.05) is 22.2 Å². The van der Waals surface area contributed by atoms with E-state index in [0.29, 0.717) is 16.6 Å². The van der Waals surface area contributed by atoms with Crippen molar-refractivity contribution >= 4 is 44.6 Å². The van der Waals surface area contributed by atoms with E-state index in [1.54, 1.807) is 48.5 Å². The minimum Gasteiger partial charge on any atom is -0.507 e. The molecule has 0 atom stereocenters. The second-order valence-corrected chi connectivity index (χ2v) is 7.68. The maximum absolute atomic E-state index is 13.2. The Kier molecular flexibility index (Phi) is 5.96. The molecule has 0 saturated heterocycles. The molecule has 4 aromatic rings. The van der Waals surface area contributed by atoms with Crippen molar-refractivity contribution in [2.75, 3.05) is 0 Å².